The van der Waals surface area contributed by atoms with E-state index in [0.717, 1.165) is 45.9 Å². The summed E-state index contributed by atoms with van der Waals surface area (Å²) in [7, 11) is 1.53. The van der Waals surface area contributed by atoms with Crippen LogP contribution in [0.3, 0.4) is 0 Å². The van der Waals surface area contributed by atoms with Gasteiger partial charge in [0.25, 0.3) is 5.91 Å². The Morgan fingerprint density at radius 1 is 1.24 bits per heavy atom. The molecule has 1 amide bonds. The summed E-state index contributed by atoms with van der Waals surface area (Å²) in [6.07, 6.45) is 1.63. The van der Waals surface area contributed by atoms with Gasteiger partial charge in [0.05, 0.1) is 19.8 Å². The zero-order chi connectivity index (χ0) is 17.6. The number of carbonyl (C=O) groups excluding carboxylic acids is 1. The van der Waals surface area contributed by atoms with E-state index in [4.69, 9.17) is 9.47 Å². The summed E-state index contributed by atoms with van der Waals surface area (Å²) in [5.41, 5.74) is 0.384. The zero-order valence-corrected chi connectivity index (χ0v) is 15.1. The van der Waals surface area contributed by atoms with Gasteiger partial charge in [-0.15, -0.1) is 0 Å². The third kappa shape index (κ3) is 4.65. The van der Waals surface area contributed by atoms with Gasteiger partial charge in [-0.1, -0.05) is 6.92 Å². The van der Waals surface area contributed by atoms with E-state index >= 15 is 0 Å². The van der Waals surface area contributed by atoms with E-state index in [9.17, 15) is 4.79 Å². The number of carbonyl (C=O) groups is 1. The van der Waals surface area contributed by atoms with Gasteiger partial charge in [0.15, 0.2) is 0 Å². The van der Waals surface area contributed by atoms with Gasteiger partial charge in [0, 0.05) is 51.9 Å². The first-order valence-electron chi connectivity index (χ1n) is 8.91. The number of hydrogen-bond acceptors (Lipinski definition) is 7. The first-order valence-corrected chi connectivity index (χ1v) is 8.91. The number of aromatic nitrogens is 2. The lowest BCUT2D eigenvalue weighted by molar-refractivity contribution is -0.0458. The second-order valence-electron chi connectivity index (χ2n) is 6.42. The molecule has 0 N–H and O–H groups in total. The molecule has 1 aromatic rings. The number of ether oxygens (including phenoxy) is 2. The predicted molar refractivity (Wildman–Crippen MR) is 92.8 cm³/mol. The summed E-state index contributed by atoms with van der Waals surface area (Å²) < 4.78 is 11.0. The quantitative estimate of drug-likeness (QED) is 0.739. The average Bonchev–Trinajstić information content (AvgIpc) is 2.68. The summed E-state index contributed by atoms with van der Waals surface area (Å²) in [5, 5.41) is 0. The molecule has 0 aliphatic carbocycles. The lowest BCUT2D eigenvalue weighted by atomic mass is 10.2. The maximum atomic E-state index is 12.6. The van der Waals surface area contributed by atoms with Crippen LogP contribution in [0.1, 0.15) is 17.4 Å². The van der Waals surface area contributed by atoms with Crippen molar-refractivity contribution < 1.29 is 14.3 Å². The molecular weight excluding hydrogens is 322 g/mol. The van der Waals surface area contributed by atoms with Crippen molar-refractivity contribution in [3.63, 3.8) is 0 Å². The third-order valence-corrected chi connectivity index (χ3v) is 4.86. The molecule has 8 nitrogen and oxygen atoms in total. The molecule has 2 aliphatic heterocycles. The van der Waals surface area contributed by atoms with E-state index in [1.807, 2.05) is 4.90 Å². The Kier molecular flexibility index (Phi) is 6.17. The Balaban J connectivity index is 1.49. The van der Waals surface area contributed by atoms with E-state index in [-0.39, 0.29) is 12.0 Å². The van der Waals surface area contributed by atoms with Crippen molar-refractivity contribution in [3.05, 3.63) is 18.1 Å². The second-order valence-corrected chi connectivity index (χ2v) is 6.42. The SMILES string of the molecule is CCN1CCOC(CN2CCN(C(=O)c3cc(OC)ncn3)CC2)C1. The predicted octanol–water partition coefficient (Wildman–Crippen LogP) is -0.0363. The fourth-order valence-electron chi connectivity index (χ4n) is 3.33. The minimum Gasteiger partial charge on any atom is -0.481 e. The number of amides is 1. The maximum absolute atomic E-state index is 12.6. The van der Waals surface area contributed by atoms with Crippen LogP contribution in [0.2, 0.25) is 0 Å². The summed E-state index contributed by atoms with van der Waals surface area (Å²) >= 11 is 0. The lowest BCUT2D eigenvalue weighted by Gasteiger charge is -2.39. The van der Waals surface area contributed by atoms with E-state index in [2.05, 4.69) is 26.7 Å². The second kappa shape index (κ2) is 8.55. The zero-order valence-electron chi connectivity index (χ0n) is 15.1. The van der Waals surface area contributed by atoms with Crippen LogP contribution in [-0.4, -0.2) is 103 Å². The number of piperazine rings is 1. The van der Waals surface area contributed by atoms with Crippen LogP contribution in [0, 0.1) is 0 Å². The number of likely N-dealkylation sites (N-methyl/N-ethyl adjacent to an activating group) is 1. The highest BCUT2D eigenvalue weighted by molar-refractivity contribution is 5.92. The highest BCUT2D eigenvalue weighted by atomic mass is 16.5. The molecule has 0 spiro atoms. The van der Waals surface area contributed by atoms with Gasteiger partial charge in [0.2, 0.25) is 5.88 Å². The summed E-state index contributed by atoms with van der Waals surface area (Å²) in [6.45, 7) is 10.2. The maximum Gasteiger partial charge on any atom is 0.272 e. The van der Waals surface area contributed by atoms with Gasteiger partial charge in [-0.2, -0.15) is 0 Å². The molecule has 1 aromatic heterocycles. The molecule has 0 bridgehead atoms. The number of methoxy groups -OCH3 is 1. The highest BCUT2D eigenvalue weighted by Crippen LogP contribution is 2.13. The van der Waals surface area contributed by atoms with E-state index < -0.39 is 0 Å². The van der Waals surface area contributed by atoms with E-state index in [0.29, 0.717) is 24.7 Å². The van der Waals surface area contributed by atoms with Gasteiger partial charge < -0.3 is 14.4 Å². The topological polar surface area (TPSA) is 71.0 Å². The van der Waals surface area contributed by atoms with Gasteiger partial charge in [0.1, 0.15) is 12.0 Å². The number of nitrogens with zero attached hydrogens (tertiary/aromatic N) is 5. The van der Waals surface area contributed by atoms with Crippen molar-refractivity contribution >= 4 is 5.91 Å². The van der Waals surface area contributed by atoms with Crippen LogP contribution < -0.4 is 4.74 Å². The molecule has 1 unspecified atom stereocenters. The van der Waals surface area contributed by atoms with Crippen molar-refractivity contribution in [1.29, 1.82) is 0 Å². The van der Waals surface area contributed by atoms with Crippen molar-refractivity contribution in [1.82, 2.24) is 24.7 Å². The third-order valence-electron chi connectivity index (χ3n) is 4.86. The summed E-state index contributed by atoms with van der Waals surface area (Å²) in [6, 6.07) is 1.59. The van der Waals surface area contributed by atoms with Crippen LogP contribution in [-0.2, 0) is 4.74 Å². The summed E-state index contributed by atoms with van der Waals surface area (Å²) in [5.74, 6) is 0.346. The number of morpholine rings is 1. The molecule has 8 heteroatoms. The Labute approximate surface area is 148 Å². The average molecular weight is 349 g/mol. The number of hydrogen-bond donors (Lipinski definition) is 0. The molecule has 25 heavy (non-hydrogen) atoms. The normalized spacial score (nSPS) is 22.8. The molecule has 138 valence electrons. The fraction of sp³-hybridized carbons (Fsp3) is 0.706. The minimum absolute atomic E-state index is 0.0635. The van der Waals surface area contributed by atoms with Crippen molar-refractivity contribution in [3.8, 4) is 5.88 Å². The van der Waals surface area contributed by atoms with Gasteiger partial charge >= 0.3 is 0 Å². The largest absolute Gasteiger partial charge is 0.481 e. The first-order chi connectivity index (χ1) is 12.2. The van der Waals surface area contributed by atoms with Gasteiger partial charge in [-0.3, -0.25) is 14.6 Å². The molecule has 0 aromatic carbocycles. The first kappa shape index (κ1) is 18.0. The molecule has 2 saturated heterocycles. The molecule has 0 saturated carbocycles. The lowest BCUT2D eigenvalue weighted by Crippen LogP contribution is -2.53. The highest BCUT2D eigenvalue weighted by Gasteiger charge is 2.27. The van der Waals surface area contributed by atoms with Gasteiger partial charge in [-0.25, -0.2) is 9.97 Å². The van der Waals surface area contributed by atoms with Crippen LogP contribution >= 0.6 is 0 Å². The van der Waals surface area contributed by atoms with Crippen LogP contribution in [0.4, 0.5) is 0 Å². The molecule has 2 fully saturated rings. The monoisotopic (exact) mass is 349 g/mol. The number of rotatable bonds is 5. The molecular formula is C17H27N5O3. The van der Waals surface area contributed by atoms with E-state index in [1.54, 1.807) is 6.07 Å². The Hall–Kier alpha value is -1.77. The molecule has 3 heterocycles. The van der Waals surface area contributed by atoms with Crippen LogP contribution in [0.5, 0.6) is 5.88 Å². The van der Waals surface area contributed by atoms with Crippen molar-refractivity contribution in [2.45, 2.75) is 13.0 Å². The van der Waals surface area contributed by atoms with Gasteiger partial charge in [-0.05, 0) is 6.54 Å². The molecule has 0 radical (unpaired) electrons. The fourth-order valence-corrected chi connectivity index (χ4v) is 3.33. The van der Waals surface area contributed by atoms with Crippen LogP contribution in [0.25, 0.3) is 0 Å². The van der Waals surface area contributed by atoms with Crippen LogP contribution in [0.15, 0.2) is 12.4 Å². The molecule has 3 rings (SSSR count). The minimum atomic E-state index is -0.0635. The summed E-state index contributed by atoms with van der Waals surface area (Å²) in [4.78, 5) is 27.2. The molecule has 1 atom stereocenters. The van der Waals surface area contributed by atoms with Crippen molar-refractivity contribution in [2.24, 2.45) is 0 Å². The Bertz CT molecular complexity index is 577. The van der Waals surface area contributed by atoms with Crippen molar-refractivity contribution in [2.75, 3.05) is 66.1 Å². The smallest absolute Gasteiger partial charge is 0.272 e. The van der Waals surface area contributed by atoms with E-state index in [1.165, 1.54) is 13.4 Å². The molecule has 2 aliphatic rings. The standard InChI is InChI=1S/C17H27N5O3/c1-3-20-8-9-25-14(11-20)12-21-4-6-22(7-5-21)17(23)15-10-16(24-2)19-13-18-15/h10,13-14H,3-9,11-12H2,1-2H3. The Morgan fingerprint density at radius 2 is 2.04 bits per heavy atom. The Morgan fingerprint density at radius 3 is 2.76 bits per heavy atom.